The second-order valence-electron chi connectivity index (χ2n) is 7.38. The molecule has 0 saturated carbocycles. The van der Waals surface area contributed by atoms with E-state index >= 15 is 0 Å². The maximum Gasteiger partial charge on any atom is 0.435 e. The molecule has 1 N–H and O–H groups in total. The molecule has 2 heterocycles. The van der Waals surface area contributed by atoms with Gasteiger partial charge in [0.05, 0.1) is 16.4 Å². The lowest BCUT2D eigenvalue weighted by atomic mass is 10.1. The van der Waals surface area contributed by atoms with E-state index in [9.17, 15) is 18.0 Å². The summed E-state index contributed by atoms with van der Waals surface area (Å²) < 4.78 is 51.9. The molecule has 0 atom stereocenters. The molecule has 1 amide bonds. The molecule has 3 aromatic carbocycles. The van der Waals surface area contributed by atoms with Gasteiger partial charge < -0.3 is 14.8 Å². The second kappa shape index (κ2) is 8.42. The Hall–Kier alpha value is -3.98. The van der Waals surface area contributed by atoms with Crippen molar-refractivity contribution < 1.29 is 27.4 Å². The lowest BCUT2D eigenvalue weighted by Gasteiger charge is -2.10. The monoisotopic (exact) mass is 485 g/mol. The van der Waals surface area contributed by atoms with Gasteiger partial charge in [0.25, 0.3) is 5.91 Å². The van der Waals surface area contributed by atoms with Crippen LogP contribution in [0.5, 0.6) is 11.5 Å². The average molecular weight is 486 g/mol. The van der Waals surface area contributed by atoms with Crippen LogP contribution in [0.1, 0.15) is 16.1 Å². The SMILES string of the molecule is O=C(Nc1ccc2c(c1)OCO2)c1ccc(-c2cc(C(F)(F)F)nn2-c2ccccc2Cl)cc1. The van der Waals surface area contributed by atoms with Crippen molar-refractivity contribution in [3.8, 4) is 28.4 Å². The highest BCUT2D eigenvalue weighted by atomic mass is 35.5. The molecule has 5 rings (SSSR count). The van der Waals surface area contributed by atoms with Gasteiger partial charge in [0.2, 0.25) is 6.79 Å². The van der Waals surface area contributed by atoms with Crippen molar-refractivity contribution in [3.63, 3.8) is 0 Å². The minimum Gasteiger partial charge on any atom is -0.454 e. The first-order valence-electron chi connectivity index (χ1n) is 10.0. The molecule has 0 radical (unpaired) electrons. The van der Waals surface area contributed by atoms with Crippen LogP contribution in [-0.4, -0.2) is 22.5 Å². The number of fused-ring (bicyclic) bond motifs is 1. The van der Waals surface area contributed by atoms with E-state index in [1.807, 2.05) is 0 Å². The first kappa shape index (κ1) is 21.8. The van der Waals surface area contributed by atoms with Crippen molar-refractivity contribution in [2.45, 2.75) is 6.18 Å². The van der Waals surface area contributed by atoms with Gasteiger partial charge in [0, 0.05) is 22.9 Å². The fourth-order valence-electron chi connectivity index (χ4n) is 3.50. The van der Waals surface area contributed by atoms with Crippen LogP contribution in [0.25, 0.3) is 16.9 Å². The topological polar surface area (TPSA) is 65.4 Å². The summed E-state index contributed by atoms with van der Waals surface area (Å²) in [5, 5.41) is 6.74. The summed E-state index contributed by atoms with van der Waals surface area (Å²) in [5.74, 6) is 0.734. The van der Waals surface area contributed by atoms with Crippen LogP contribution in [0.15, 0.2) is 72.8 Å². The van der Waals surface area contributed by atoms with Gasteiger partial charge in [-0.2, -0.15) is 18.3 Å². The summed E-state index contributed by atoms with van der Waals surface area (Å²) in [6.07, 6.45) is -4.63. The summed E-state index contributed by atoms with van der Waals surface area (Å²) in [7, 11) is 0. The van der Waals surface area contributed by atoms with Crippen LogP contribution in [0.3, 0.4) is 0 Å². The number of carbonyl (C=O) groups is 1. The largest absolute Gasteiger partial charge is 0.454 e. The first-order chi connectivity index (χ1) is 16.3. The molecular weight excluding hydrogens is 471 g/mol. The third-order valence-corrected chi connectivity index (χ3v) is 5.47. The highest BCUT2D eigenvalue weighted by Crippen LogP contribution is 2.36. The van der Waals surface area contributed by atoms with E-state index in [0.717, 1.165) is 10.7 Å². The van der Waals surface area contributed by atoms with Crippen LogP contribution < -0.4 is 14.8 Å². The molecule has 1 aromatic heterocycles. The number of carbonyl (C=O) groups excluding carboxylic acids is 1. The van der Waals surface area contributed by atoms with Crippen molar-refractivity contribution in [1.29, 1.82) is 0 Å². The zero-order valence-corrected chi connectivity index (χ0v) is 18.0. The minimum atomic E-state index is -4.63. The van der Waals surface area contributed by atoms with Gasteiger partial charge in [-0.15, -0.1) is 0 Å². The molecule has 0 fully saturated rings. The van der Waals surface area contributed by atoms with Gasteiger partial charge in [-0.1, -0.05) is 35.9 Å². The van der Waals surface area contributed by atoms with Crippen LogP contribution in [0, 0.1) is 0 Å². The molecule has 1 aliphatic heterocycles. The Labute approximate surface area is 196 Å². The molecule has 34 heavy (non-hydrogen) atoms. The van der Waals surface area contributed by atoms with Crippen LogP contribution in [0.4, 0.5) is 18.9 Å². The van der Waals surface area contributed by atoms with Gasteiger partial charge in [0.15, 0.2) is 17.2 Å². The summed E-state index contributed by atoms with van der Waals surface area (Å²) in [4.78, 5) is 12.7. The number of alkyl halides is 3. The van der Waals surface area contributed by atoms with Crippen molar-refractivity contribution in [2.75, 3.05) is 12.1 Å². The van der Waals surface area contributed by atoms with Gasteiger partial charge in [-0.05, 0) is 42.5 Å². The van der Waals surface area contributed by atoms with E-state index in [2.05, 4.69) is 10.4 Å². The Morgan fingerprint density at radius 3 is 2.44 bits per heavy atom. The number of para-hydroxylation sites is 1. The lowest BCUT2D eigenvalue weighted by Crippen LogP contribution is -2.11. The Kier molecular flexibility index (Phi) is 5.41. The summed E-state index contributed by atoms with van der Waals surface area (Å²) in [6, 6.07) is 18.6. The molecule has 0 unspecified atom stereocenters. The van der Waals surface area contributed by atoms with Gasteiger partial charge in [0.1, 0.15) is 0 Å². The zero-order valence-electron chi connectivity index (χ0n) is 17.3. The maximum atomic E-state index is 13.4. The number of aromatic nitrogens is 2. The molecular formula is C24H15ClF3N3O3. The summed E-state index contributed by atoms with van der Waals surface area (Å²) >= 11 is 6.21. The smallest absolute Gasteiger partial charge is 0.435 e. The number of amides is 1. The molecule has 0 aliphatic carbocycles. The normalized spacial score (nSPS) is 12.6. The Bertz CT molecular complexity index is 1380. The molecule has 0 bridgehead atoms. The Morgan fingerprint density at radius 2 is 1.71 bits per heavy atom. The van der Waals surface area contributed by atoms with E-state index in [1.165, 1.54) is 12.1 Å². The number of benzene rings is 3. The van der Waals surface area contributed by atoms with E-state index in [4.69, 9.17) is 21.1 Å². The fourth-order valence-corrected chi connectivity index (χ4v) is 3.72. The zero-order chi connectivity index (χ0) is 23.9. The molecule has 4 aromatic rings. The minimum absolute atomic E-state index is 0.120. The number of ether oxygens (including phenoxy) is 2. The van der Waals surface area contributed by atoms with Crippen molar-refractivity contribution in [3.05, 3.63) is 89.1 Å². The number of nitrogens with zero attached hydrogens (tertiary/aromatic N) is 2. The second-order valence-corrected chi connectivity index (χ2v) is 7.78. The predicted octanol–water partition coefficient (Wildman–Crippen LogP) is 6.19. The lowest BCUT2D eigenvalue weighted by molar-refractivity contribution is -0.141. The number of halogens is 4. The first-order valence-corrected chi connectivity index (χ1v) is 10.4. The van der Waals surface area contributed by atoms with Crippen LogP contribution in [0.2, 0.25) is 5.02 Å². The van der Waals surface area contributed by atoms with Gasteiger partial charge >= 0.3 is 6.18 Å². The van der Waals surface area contributed by atoms with Crippen molar-refractivity contribution in [2.24, 2.45) is 0 Å². The van der Waals surface area contributed by atoms with E-state index in [-0.39, 0.29) is 23.4 Å². The quantitative estimate of drug-likeness (QED) is 0.374. The molecule has 10 heteroatoms. The number of rotatable bonds is 4. The number of hydrogen-bond donors (Lipinski definition) is 1. The predicted molar refractivity (Wildman–Crippen MR) is 120 cm³/mol. The van der Waals surface area contributed by atoms with Crippen LogP contribution >= 0.6 is 11.6 Å². The summed E-state index contributed by atoms with van der Waals surface area (Å²) in [5.41, 5.74) is 0.711. The molecule has 0 spiro atoms. The molecule has 172 valence electrons. The molecule has 6 nitrogen and oxygen atoms in total. The summed E-state index contributed by atoms with van der Waals surface area (Å²) in [6.45, 7) is 0.120. The Morgan fingerprint density at radius 1 is 0.971 bits per heavy atom. The number of anilines is 1. The molecule has 0 saturated heterocycles. The van der Waals surface area contributed by atoms with E-state index < -0.39 is 11.9 Å². The van der Waals surface area contributed by atoms with Crippen molar-refractivity contribution in [1.82, 2.24) is 9.78 Å². The highest BCUT2D eigenvalue weighted by Gasteiger charge is 2.35. The van der Waals surface area contributed by atoms with Gasteiger partial charge in [-0.3, -0.25) is 4.79 Å². The third-order valence-electron chi connectivity index (χ3n) is 5.15. The van der Waals surface area contributed by atoms with Gasteiger partial charge in [-0.25, -0.2) is 4.68 Å². The van der Waals surface area contributed by atoms with Crippen molar-refractivity contribution >= 4 is 23.2 Å². The van der Waals surface area contributed by atoms with E-state index in [0.29, 0.717) is 34.0 Å². The molecule has 1 aliphatic rings. The highest BCUT2D eigenvalue weighted by molar-refractivity contribution is 6.32. The van der Waals surface area contributed by atoms with Crippen LogP contribution in [-0.2, 0) is 6.18 Å². The number of nitrogens with one attached hydrogen (secondary N) is 1. The third kappa shape index (κ3) is 4.17. The fraction of sp³-hybridized carbons (Fsp3) is 0.0833. The average Bonchev–Trinajstić information content (AvgIpc) is 3.46. The maximum absolute atomic E-state index is 13.4. The van der Waals surface area contributed by atoms with E-state index in [1.54, 1.807) is 54.6 Å². The Balaban J connectivity index is 1.44. The number of hydrogen-bond acceptors (Lipinski definition) is 4. The standard InChI is InChI=1S/C24H15ClF3N3O3/c25-17-3-1-2-4-18(17)31-19(12-22(30-31)24(26,27)28)14-5-7-15(8-6-14)23(32)29-16-9-10-20-21(11-16)34-13-33-20/h1-12H,13H2,(H,29,32).